The molecule has 10 heteroatoms. The molecule has 1 aromatic heterocycles. The maximum absolute atomic E-state index is 14.1. The third-order valence-electron chi connectivity index (χ3n) is 5.19. The van der Waals surface area contributed by atoms with Crippen molar-refractivity contribution in [1.82, 2.24) is 0 Å². The normalized spacial score (nSPS) is 13.3. The number of rotatable bonds is 9. The number of carbonyl (C=O) groups is 2. The average molecular weight is 483 g/mol. The van der Waals surface area contributed by atoms with E-state index in [2.05, 4.69) is 5.32 Å². The molecule has 0 aliphatic heterocycles. The van der Waals surface area contributed by atoms with E-state index >= 15 is 0 Å². The highest BCUT2D eigenvalue weighted by molar-refractivity contribution is 7.92. The summed E-state index contributed by atoms with van der Waals surface area (Å²) in [5.74, 6) is -1.42. The van der Waals surface area contributed by atoms with Crippen LogP contribution in [0, 0.1) is 5.82 Å². The lowest BCUT2D eigenvalue weighted by molar-refractivity contribution is -0.116. The highest BCUT2D eigenvalue weighted by atomic mass is 32.2. The molecule has 1 aliphatic carbocycles. The van der Waals surface area contributed by atoms with E-state index in [1.54, 1.807) is 13.0 Å². The summed E-state index contributed by atoms with van der Waals surface area (Å²) in [6.45, 7) is 1.94. The van der Waals surface area contributed by atoms with Gasteiger partial charge in [-0.1, -0.05) is 12.1 Å². The summed E-state index contributed by atoms with van der Waals surface area (Å²) >= 11 is 1.40. The minimum absolute atomic E-state index is 0.0192. The Bertz CT molecular complexity index is 1100. The van der Waals surface area contributed by atoms with Crippen LogP contribution in [0.2, 0.25) is 0 Å². The first-order chi connectivity index (χ1) is 15.2. The molecule has 1 aromatic carbocycles. The standard InChI is InChI=1S/C22H27FN2O5S2/c1-3-30-22(27)20-15-9-4-7-12-18(15)31-21(20)24-19(26)13-8-14-25(32(2,28)29)17-11-6-5-10-16(17)23/h5-6,10-11H,3-4,7-9,12-14H2,1-2H3,(H,24,26). The Morgan fingerprint density at radius 1 is 1.22 bits per heavy atom. The Balaban J connectivity index is 1.69. The number of para-hydroxylation sites is 1. The van der Waals surface area contributed by atoms with Gasteiger partial charge in [0.25, 0.3) is 0 Å². The molecule has 174 valence electrons. The first-order valence-corrected chi connectivity index (χ1v) is 13.2. The third-order valence-corrected chi connectivity index (χ3v) is 7.58. The maximum Gasteiger partial charge on any atom is 0.341 e. The van der Waals surface area contributed by atoms with Crippen LogP contribution >= 0.6 is 11.3 Å². The lowest BCUT2D eigenvalue weighted by Gasteiger charge is -2.22. The molecule has 1 amide bonds. The maximum atomic E-state index is 14.1. The van der Waals surface area contributed by atoms with E-state index in [4.69, 9.17) is 4.74 Å². The number of anilines is 2. The minimum atomic E-state index is -3.72. The van der Waals surface area contributed by atoms with Gasteiger partial charge in [-0.05, 0) is 56.7 Å². The van der Waals surface area contributed by atoms with Crippen LogP contribution in [0.15, 0.2) is 24.3 Å². The number of benzene rings is 1. The van der Waals surface area contributed by atoms with Gasteiger partial charge in [0.05, 0.1) is 24.1 Å². The van der Waals surface area contributed by atoms with Gasteiger partial charge in [0.2, 0.25) is 15.9 Å². The van der Waals surface area contributed by atoms with Gasteiger partial charge < -0.3 is 10.1 Å². The Hall–Kier alpha value is -2.46. The van der Waals surface area contributed by atoms with Crippen LogP contribution in [0.1, 0.15) is 53.4 Å². The second-order valence-corrected chi connectivity index (χ2v) is 10.6. The van der Waals surface area contributed by atoms with Gasteiger partial charge >= 0.3 is 5.97 Å². The van der Waals surface area contributed by atoms with Gasteiger partial charge in [-0.3, -0.25) is 9.10 Å². The van der Waals surface area contributed by atoms with E-state index in [0.717, 1.165) is 46.7 Å². The number of halogens is 1. The average Bonchev–Trinajstić information content (AvgIpc) is 3.09. The molecule has 0 saturated heterocycles. The van der Waals surface area contributed by atoms with Gasteiger partial charge in [0.1, 0.15) is 10.8 Å². The molecular weight excluding hydrogens is 455 g/mol. The smallest absolute Gasteiger partial charge is 0.341 e. The first kappa shape index (κ1) is 24.2. The molecule has 1 N–H and O–H groups in total. The molecule has 7 nitrogen and oxygen atoms in total. The van der Waals surface area contributed by atoms with E-state index < -0.39 is 21.8 Å². The summed E-state index contributed by atoms with van der Waals surface area (Å²) < 4.78 is 44.6. The molecule has 0 spiro atoms. The zero-order valence-corrected chi connectivity index (χ0v) is 19.8. The Kier molecular flexibility index (Phi) is 7.89. The van der Waals surface area contributed by atoms with Crippen molar-refractivity contribution in [2.24, 2.45) is 0 Å². The number of sulfonamides is 1. The van der Waals surface area contributed by atoms with E-state index in [9.17, 15) is 22.4 Å². The Morgan fingerprint density at radius 2 is 1.94 bits per heavy atom. The van der Waals surface area contributed by atoms with E-state index in [-0.39, 0.29) is 37.6 Å². The number of hydrogen-bond acceptors (Lipinski definition) is 6. The number of nitrogens with zero attached hydrogens (tertiary/aromatic N) is 1. The summed E-state index contributed by atoms with van der Waals surface area (Å²) in [4.78, 5) is 26.2. The molecule has 32 heavy (non-hydrogen) atoms. The topological polar surface area (TPSA) is 92.8 Å². The van der Waals surface area contributed by atoms with Gasteiger partial charge in [0.15, 0.2) is 0 Å². The van der Waals surface area contributed by atoms with Crippen molar-refractivity contribution < 1.29 is 27.1 Å². The van der Waals surface area contributed by atoms with Crippen molar-refractivity contribution in [2.45, 2.75) is 45.4 Å². The molecule has 0 bridgehead atoms. The van der Waals surface area contributed by atoms with Crippen molar-refractivity contribution in [1.29, 1.82) is 0 Å². The monoisotopic (exact) mass is 482 g/mol. The number of esters is 1. The van der Waals surface area contributed by atoms with E-state index in [0.29, 0.717) is 10.6 Å². The molecular formula is C22H27FN2O5S2. The quantitative estimate of drug-likeness (QED) is 0.543. The van der Waals surface area contributed by atoms with Crippen molar-refractivity contribution in [3.05, 3.63) is 46.1 Å². The number of fused-ring (bicyclic) bond motifs is 1. The summed E-state index contributed by atoms with van der Waals surface area (Å²) in [7, 11) is -3.72. The summed E-state index contributed by atoms with van der Waals surface area (Å²) in [5.41, 5.74) is 1.34. The largest absolute Gasteiger partial charge is 0.462 e. The molecule has 0 fully saturated rings. The van der Waals surface area contributed by atoms with Crippen molar-refractivity contribution in [3.63, 3.8) is 0 Å². The summed E-state index contributed by atoms with van der Waals surface area (Å²) in [6, 6.07) is 5.61. The molecule has 0 unspecified atom stereocenters. The zero-order valence-electron chi connectivity index (χ0n) is 18.1. The minimum Gasteiger partial charge on any atom is -0.462 e. The van der Waals surface area contributed by atoms with Gasteiger partial charge in [-0.15, -0.1) is 11.3 Å². The van der Waals surface area contributed by atoms with Crippen molar-refractivity contribution in [3.8, 4) is 0 Å². The van der Waals surface area contributed by atoms with Crippen LogP contribution in [0.3, 0.4) is 0 Å². The highest BCUT2D eigenvalue weighted by Gasteiger charge is 2.27. The van der Waals surface area contributed by atoms with Gasteiger partial charge in [-0.25, -0.2) is 17.6 Å². The molecule has 1 aliphatic rings. The second-order valence-electron chi connectivity index (χ2n) is 7.57. The highest BCUT2D eigenvalue weighted by Crippen LogP contribution is 2.38. The Labute approximate surface area is 191 Å². The molecule has 0 atom stereocenters. The van der Waals surface area contributed by atoms with Crippen LogP contribution in [0.5, 0.6) is 0 Å². The SMILES string of the molecule is CCOC(=O)c1c(NC(=O)CCCN(c2ccccc2F)S(C)(=O)=O)sc2c1CCCC2. The fourth-order valence-electron chi connectivity index (χ4n) is 3.76. The lowest BCUT2D eigenvalue weighted by atomic mass is 9.95. The van der Waals surface area contributed by atoms with Crippen LogP contribution < -0.4 is 9.62 Å². The molecule has 1 heterocycles. The first-order valence-electron chi connectivity index (χ1n) is 10.6. The summed E-state index contributed by atoms with van der Waals surface area (Å²) in [5, 5.41) is 3.29. The van der Waals surface area contributed by atoms with Crippen LogP contribution in [0.25, 0.3) is 0 Å². The van der Waals surface area contributed by atoms with Crippen LogP contribution in [-0.2, 0) is 32.4 Å². The molecule has 0 radical (unpaired) electrons. The van der Waals surface area contributed by atoms with Gasteiger partial charge in [0, 0.05) is 17.8 Å². The summed E-state index contributed by atoms with van der Waals surface area (Å²) in [6.07, 6.45) is 4.89. The van der Waals surface area contributed by atoms with Crippen molar-refractivity contribution in [2.75, 3.05) is 29.0 Å². The number of aryl methyl sites for hydroxylation is 1. The fraction of sp³-hybridized carbons (Fsp3) is 0.455. The predicted molar refractivity (Wildman–Crippen MR) is 123 cm³/mol. The number of hydrogen-bond donors (Lipinski definition) is 1. The van der Waals surface area contributed by atoms with Crippen LogP contribution in [-0.4, -0.2) is 39.7 Å². The van der Waals surface area contributed by atoms with Crippen molar-refractivity contribution >= 4 is 43.9 Å². The van der Waals surface area contributed by atoms with Crippen LogP contribution in [0.4, 0.5) is 15.1 Å². The van der Waals surface area contributed by atoms with E-state index in [1.165, 1.54) is 29.5 Å². The van der Waals surface area contributed by atoms with E-state index in [1.807, 2.05) is 0 Å². The van der Waals surface area contributed by atoms with Gasteiger partial charge in [-0.2, -0.15) is 0 Å². The Morgan fingerprint density at radius 3 is 2.62 bits per heavy atom. The molecule has 0 saturated carbocycles. The number of amides is 1. The number of thiophene rings is 1. The fourth-order valence-corrected chi connectivity index (χ4v) is 6.02. The number of carbonyl (C=O) groups excluding carboxylic acids is 2. The molecule has 2 aromatic rings. The molecule has 3 rings (SSSR count). The second kappa shape index (κ2) is 10.4. The predicted octanol–water partition coefficient (Wildman–Crippen LogP) is 4.13. The lowest BCUT2D eigenvalue weighted by Crippen LogP contribution is -2.32. The number of ether oxygens (including phenoxy) is 1. The zero-order chi connectivity index (χ0) is 23.3. The third kappa shape index (κ3) is 5.66. The number of nitrogens with one attached hydrogen (secondary N) is 1.